The first-order valence-electron chi connectivity index (χ1n) is 8.14. The minimum atomic E-state index is 0.0439. The van der Waals surface area contributed by atoms with Gasteiger partial charge < -0.3 is 5.32 Å². The fourth-order valence-corrected chi connectivity index (χ4v) is 4.56. The second-order valence-electron chi connectivity index (χ2n) is 5.80. The van der Waals surface area contributed by atoms with Gasteiger partial charge in [0.15, 0.2) is 5.16 Å². The summed E-state index contributed by atoms with van der Waals surface area (Å²) in [6.07, 6.45) is 9.75. The van der Waals surface area contributed by atoms with Crippen LogP contribution in [0.3, 0.4) is 0 Å². The van der Waals surface area contributed by atoms with Crippen molar-refractivity contribution in [1.82, 2.24) is 15.3 Å². The van der Waals surface area contributed by atoms with E-state index in [4.69, 9.17) is 0 Å². The van der Waals surface area contributed by atoms with Crippen molar-refractivity contribution in [2.45, 2.75) is 47.0 Å². The van der Waals surface area contributed by atoms with Crippen LogP contribution in [0.25, 0.3) is 0 Å². The van der Waals surface area contributed by atoms with Crippen LogP contribution >= 0.6 is 23.5 Å². The molecule has 3 rings (SSSR count). The molecule has 24 heavy (non-hydrogen) atoms. The Morgan fingerprint density at radius 1 is 1.08 bits per heavy atom. The van der Waals surface area contributed by atoms with Gasteiger partial charge in [0, 0.05) is 28.6 Å². The second kappa shape index (κ2) is 8.53. The summed E-state index contributed by atoms with van der Waals surface area (Å²) >= 11 is 3.36. The van der Waals surface area contributed by atoms with Crippen LogP contribution in [0.4, 0.5) is 0 Å². The number of carbonyl (C=O) groups excluding carboxylic acids is 1. The van der Waals surface area contributed by atoms with E-state index in [1.807, 2.05) is 36.6 Å². The summed E-state index contributed by atoms with van der Waals surface area (Å²) in [6, 6.07) is 9.88. The van der Waals surface area contributed by atoms with E-state index in [0.29, 0.717) is 5.25 Å². The van der Waals surface area contributed by atoms with Crippen molar-refractivity contribution in [3.05, 3.63) is 48.3 Å². The molecule has 1 aliphatic carbocycles. The van der Waals surface area contributed by atoms with E-state index in [1.54, 1.807) is 35.9 Å². The maximum atomic E-state index is 12.5. The monoisotopic (exact) mass is 359 g/mol. The Bertz CT molecular complexity index is 673. The first kappa shape index (κ1) is 17.3. The molecule has 1 heterocycles. The molecule has 6 heteroatoms. The Balaban J connectivity index is 1.51. The number of benzene rings is 1. The first-order chi connectivity index (χ1) is 11.8. The third-order valence-electron chi connectivity index (χ3n) is 4.18. The maximum absolute atomic E-state index is 12.5. The Morgan fingerprint density at radius 3 is 2.50 bits per heavy atom. The van der Waals surface area contributed by atoms with Gasteiger partial charge in [-0.3, -0.25) is 4.79 Å². The van der Waals surface area contributed by atoms with Gasteiger partial charge in [0.2, 0.25) is 0 Å². The summed E-state index contributed by atoms with van der Waals surface area (Å²) in [7, 11) is 0. The van der Waals surface area contributed by atoms with Crippen molar-refractivity contribution >= 4 is 29.4 Å². The van der Waals surface area contributed by atoms with Crippen LogP contribution in [-0.4, -0.2) is 33.4 Å². The molecule has 0 bridgehead atoms. The van der Waals surface area contributed by atoms with E-state index in [2.05, 4.69) is 15.3 Å². The summed E-state index contributed by atoms with van der Waals surface area (Å²) in [6.45, 7) is 0. The van der Waals surface area contributed by atoms with Crippen LogP contribution in [0.5, 0.6) is 0 Å². The largest absolute Gasteiger partial charge is 0.349 e. The number of thioether (sulfide) groups is 2. The molecule has 0 spiro atoms. The second-order valence-corrected chi connectivity index (χ2v) is 7.91. The Hall–Kier alpha value is -1.53. The lowest BCUT2D eigenvalue weighted by molar-refractivity contribution is 0.0925. The molecule has 1 saturated carbocycles. The molecule has 0 atom stereocenters. The average Bonchev–Trinajstić information content (AvgIpc) is 2.64. The van der Waals surface area contributed by atoms with E-state index >= 15 is 0 Å². The standard InChI is InChI=1S/C18H21N3OS2/c1-23-16-6-3-2-5-15(16)17(22)21-13-7-9-14(10-8-13)24-18-19-11-4-12-20-18/h2-6,11-14H,7-10H2,1H3,(H,21,22). The summed E-state index contributed by atoms with van der Waals surface area (Å²) in [5.74, 6) is 0.0439. The number of hydrogen-bond acceptors (Lipinski definition) is 5. The molecule has 1 N–H and O–H groups in total. The highest BCUT2D eigenvalue weighted by molar-refractivity contribution is 7.99. The summed E-state index contributed by atoms with van der Waals surface area (Å²) in [5, 5.41) is 4.59. The molecule has 0 aliphatic heterocycles. The van der Waals surface area contributed by atoms with Gasteiger partial charge >= 0.3 is 0 Å². The number of carbonyl (C=O) groups is 1. The zero-order valence-electron chi connectivity index (χ0n) is 13.6. The highest BCUT2D eigenvalue weighted by Gasteiger charge is 2.24. The molecule has 126 valence electrons. The minimum Gasteiger partial charge on any atom is -0.349 e. The zero-order chi connectivity index (χ0) is 16.8. The third-order valence-corrected chi connectivity index (χ3v) is 6.20. The van der Waals surface area contributed by atoms with Crippen LogP contribution in [0.2, 0.25) is 0 Å². The topological polar surface area (TPSA) is 54.9 Å². The zero-order valence-corrected chi connectivity index (χ0v) is 15.3. The lowest BCUT2D eigenvalue weighted by Gasteiger charge is -2.28. The summed E-state index contributed by atoms with van der Waals surface area (Å²) in [4.78, 5) is 22.1. The highest BCUT2D eigenvalue weighted by atomic mass is 32.2. The number of hydrogen-bond donors (Lipinski definition) is 1. The van der Waals surface area contributed by atoms with Gasteiger partial charge in [-0.05, 0) is 50.1 Å². The molecule has 0 unspecified atom stereocenters. The molecule has 0 radical (unpaired) electrons. The molecule has 1 aromatic carbocycles. The Morgan fingerprint density at radius 2 is 1.79 bits per heavy atom. The van der Waals surface area contributed by atoms with E-state index < -0.39 is 0 Å². The van der Waals surface area contributed by atoms with E-state index in [0.717, 1.165) is 41.3 Å². The molecule has 1 aromatic heterocycles. The van der Waals surface area contributed by atoms with Crippen molar-refractivity contribution in [3.8, 4) is 0 Å². The lowest BCUT2D eigenvalue weighted by atomic mass is 9.94. The normalized spacial score (nSPS) is 20.5. The molecule has 4 nitrogen and oxygen atoms in total. The van der Waals surface area contributed by atoms with Crippen LogP contribution in [-0.2, 0) is 0 Å². The van der Waals surface area contributed by atoms with Gasteiger partial charge in [0.1, 0.15) is 0 Å². The summed E-state index contributed by atoms with van der Waals surface area (Å²) < 4.78 is 0. The molecule has 0 saturated heterocycles. The molecular formula is C18H21N3OS2. The van der Waals surface area contributed by atoms with Crippen molar-refractivity contribution in [3.63, 3.8) is 0 Å². The quantitative estimate of drug-likeness (QED) is 0.645. The van der Waals surface area contributed by atoms with Gasteiger partial charge in [-0.25, -0.2) is 9.97 Å². The van der Waals surface area contributed by atoms with Gasteiger partial charge in [0.25, 0.3) is 5.91 Å². The van der Waals surface area contributed by atoms with Crippen LogP contribution in [0.15, 0.2) is 52.8 Å². The van der Waals surface area contributed by atoms with Gasteiger partial charge in [-0.15, -0.1) is 11.8 Å². The number of nitrogens with one attached hydrogen (secondary N) is 1. The highest BCUT2D eigenvalue weighted by Crippen LogP contribution is 2.32. The smallest absolute Gasteiger partial charge is 0.252 e. The SMILES string of the molecule is CSc1ccccc1C(=O)NC1CCC(Sc2ncccn2)CC1. The number of rotatable bonds is 5. The van der Waals surface area contributed by atoms with Crippen molar-refractivity contribution in [1.29, 1.82) is 0 Å². The lowest BCUT2D eigenvalue weighted by Crippen LogP contribution is -2.38. The predicted octanol–water partition coefficient (Wildman–Crippen LogP) is 4.03. The number of aromatic nitrogens is 2. The molecule has 1 amide bonds. The Kier molecular flexibility index (Phi) is 6.15. The third kappa shape index (κ3) is 4.51. The van der Waals surface area contributed by atoms with Crippen LogP contribution in [0.1, 0.15) is 36.0 Å². The average molecular weight is 360 g/mol. The van der Waals surface area contributed by atoms with Crippen LogP contribution in [0, 0.1) is 0 Å². The van der Waals surface area contributed by atoms with Crippen molar-refractivity contribution in [2.24, 2.45) is 0 Å². The predicted molar refractivity (Wildman–Crippen MR) is 99.6 cm³/mol. The van der Waals surface area contributed by atoms with Gasteiger partial charge in [-0.2, -0.15) is 0 Å². The first-order valence-corrected chi connectivity index (χ1v) is 10.2. The number of amides is 1. The van der Waals surface area contributed by atoms with E-state index in [1.165, 1.54) is 0 Å². The van der Waals surface area contributed by atoms with Crippen molar-refractivity contribution < 1.29 is 4.79 Å². The Labute approximate surface area is 151 Å². The molecule has 2 aromatic rings. The van der Waals surface area contributed by atoms with Crippen molar-refractivity contribution in [2.75, 3.05) is 6.26 Å². The maximum Gasteiger partial charge on any atom is 0.252 e. The minimum absolute atomic E-state index is 0.0439. The van der Waals surface area contributed by atoms with Crippen LogP contribution < -0.4 is 5.32 Å². The molecule has 1 fully saturated rings. The van der Waals surface area contributed by atoms with Gasteiger partial charge in [0.05, 0.1) is 5.56 Å². The number of nitrogens with zero attached hydrogens (tertiary/aromatic N) is 2. The fraction of sp³-hybridized carbons (Fsp3) is 0.389. The van der Waals surface area contributed by atoms with E-state index in [-0.39, 0.29) is 11.9 Å². The van der Waals surface area contributed by atoms with E-state index in [9.17, 15) is 4.79 Å². The fourth-order valence-electron chi connectivity index (χ4n) is 2.92. The molecule has 1 aliphatic rings. The molecular weight excluding hydrogens is 338 g/mol. The van der Waals surface area contributed by atoms with Gasteiger partial charge in [-0.1, -0.05) is 23.9 Å². The summed E-state index contributed by atoms with van der Waals surface area (Å²) in [5.41, 5.74) is 0.777.